The van der Waals surface area contributed by atoms with Crippen molar-refractivity contribution in [3.63, 3.8) is 0 Å². The van der Waals surface area contributed by atoms with Gasteiger partial charge < -0.3 is 4.90 Å². The second-order valence-electron chi connectivity index (χ2n) is 5.75. The fourth-order valence-electron chi connectivity index (χ4n) is 2.50. The van der Waals surface area contributed by atoms with Crippen LogP contribution in [0.15, 0.2) is 57.9 Å². The molecule has 0 amide bonds. The normalized spacial score (nSPS) is 11.6. The predicted octanol–water partition coefficient (Wildman–Crippen LogP) is 4.45. The molecule has 0 N–H and O–H groups in total. The van der Waals surface area contributed by atoms with Crippen LogP contribution >= 0.6 is 23.1 Å². The van der Waals surface area contributed by atoms with E-state index in [2.05, 4.69) is 22.0 Å². The van der Waals surface area contributed by atoms with E-state index >= 15 is 0 Å². The van der Waals surface area contributed by atoms with Gasteiger partial charge in [0, 0.05) is 5.39 Å². The zero-order valence-corrected chi connectivity index (χ0v) is 15.1. The van der Waals surface area contributed by atoms with E-state index < -0.39 is 0 Å². The average molecular weight is 352 g/mol. The number of hydrogen-bond donors (Lipinski definition) is 0. The highest BCUT2D eigenvalue weighted by molar-refractivity contribution is 8.01. The Labute approximate surface area is 148 Å². The molecule has 0 unspecified atom stereocenters. The van der Waals surface area contributed by atoms with Crippen LogP contribution in [0.3, 0.4) is 0 Å². The fraction of sp³-hybridized carbons (Fsp3) is 0.167. The second-order valence-corrected chi connectivity index (χ2v) is 8.02. The van der Waals surface area contributed by atoms with E-state index in [0.29, 0.717) is 0 Å². The summed E-state index contributed by atoms with van der Waals surface area (Å²) in [5.74, 6) is 0.835. The zero-order valence-electron chi connectivity index (χ0n) is 13.4. The van der Waals surface area contributed by atoms with Crippen molar-refractivity contribution < 1.29 is 0 Å². The number of thiazole rings is 1. The Morgan fingerprint density at radius 1 is 0.917 bits per heavy atom. The molecule has 0 aliphatic carbocycles. The molecule has 0 saturated carbocycles. The first-order valence-electron chi connectivity index (χ1n) is 7.63. The molecule has 0 spiro atoms. The minimum absolute atomic E-state index is 0.720. The Kier molecular flexibility index (Phi) is 4.18. The van der Waals surface area contributed by atoms with Crippen molar-refractivity contribution in [2.24, 2.45) is 0 Å². The van der Waals surface area contributed by atoms with Gasteiger partial charge in [0.1, 0.15) is 10.9 Å². The maximum atomic E-state index is 4.78. The van der Waals surface area contributed by atoms with Crippen LogP contribution in [-0.2, 0) is 6.54 Å². The molecule has 4 aromatic rings. The van der Waals surface area contributed by atoms with E-state index in [1.807, 2.05) is 50.5 Å². The first-order valence-corrected chi connectivity index (χ1v) is 9.26. The molecule has 0 bridgehead atoms. The summed E-state index contributed by atoms with van der Waals surface area (Å²) in [5.41, 5.74) is 2.02. The third-order valence-corrected chi connectivity index (χ3v) is 5.63. The quantitative estimate of drug-likeness (QED) is 0.508. The lowest BCUT2D eigenvalue weighted by molar-refractivity contribution is 0.390. The maximum Gasteiger partial charge on any atom is 0.157 e. The second kappa shape index (κ2) is 6.47. The Hall–Kier alpha value is -2.02. The smallest absolute Gasteiger partial charge is 0.157 e. The van der Waals surface area contributed by atoms with E-state index in [1.165, 1.54) is 4.70 Å². The van der Waals surface area contributed by atoms with E-state index in [-0.39, 0.29) is 0 Å². The molecular weight excluding hydrogens is 336 g/mol. The molecule has 2 heterocycles. The molecular formula is C18H16N4S2. The van der Waals surface area contributed by atoms with Crippen LogP contribution < -0.4 is 0 Å². The Morgan fingerprint density at radius 2 is 1.67 bits per heavy atom. The summed E-state index contributed by atoms with van der Waals surface area (Å²) in [6.45, 7) is 0.720. The molecule has 24 heavy (non-hydrogen) atoms. The molecule has 6 heteroatoms. The minimum atomic E-state index is 0.720. The van der Waals surface area contributed by atoms with E-state index in [4.69, 9.17) is 9.97 Å². The highest BCUT2D eigenvalue weighted by Gasteiger charge is 2.12. The summed E-state index contributed by atoms with van der Waals surface area (Å²) in [6, 6.07) is 16.4. The van der Waals surface area contributed by atoms with Gasteiger partial charge >= 0.3 is 0 Å². The van der Waals surface area contributed by atoms with Crippen molar-refractivity contribution in [1.29, 1.82) is 0 Å². The molecule has 2 aromatic heterocycles. The zero-order chi connectivity index (χ0) is 16.5. The van der Waals surface area contributed by atoms with Crippen LogP contribution in [0.5, 0.6) is 0 Å². The SMILES string of the molecule is CN(C)Cc1nc(Sc2nc3ccccc3s2)c2ccccc2n1. The number of rotatable bonds is 4. The molecule has 4 nitrogen and oxygen atoms in total. The number of nitrogens with zero attached hydrogens (tertiary/aromatic N) is 4. The molecule has 0 saturated heterocycles. The first kappa shape index (κ1) is 15.5. The van der Waals surface area contributed by atoms with Crippen LogP contribution in [0.25, 0.3) is 21.1 Å². The van der Waals surface area contributed by atoms with Crippen molar-refractivity contribution >= 4 is 44.2 Å². The van der Waals surface area contributed by atoms with Gasteiger partial charge in [-0.2, -0.15) is 0 Å². The number of hydrogen-bond acceptors (Lipinski definition) is 6. The fourth-order valence-corrected chi connectivity index (χ4v) is 4.62. The molecule has 0 aliphatic rings. The highest BCUT2D eigenvalue weighted by Crippen LogP contribution is 2.36. The van der Waals surface area contributed by atoms with Crippen molar-refractivity contribution in [2.45, 2.75) is 15.9 Å². The van der Waals surface area contributed by atoms with E-state index in [1.54, 1.807) is 23.1 Å². The Morgan fingerprint density at radius 3 is 2.46 bits per heavy atom. The highest BCUT2D eigenvalue weighted by atomic mass is 32.2. The topological polar surface area (TPSA) is 41.9 Å². The van der Waals surface area contributed by atoms with Gasteiger partial charge in [0.25, 0.3) is 0 Å². The Balaban J connectivity index is 1.79. The van der Waals surface area contributed by atoms with Crippen LogP contribution in [0.1, 0.15) is 5.82 Å². The lowest BCUT2D eigenvalue weighted by Crippen LogP contribution is -2.13. The lowest BCUT2D eigenvalue weighted by atomic mass is 10.2. The lowest BCUT2D eigenvalue weighted by Gasteiger charge is -2.11. The standard InChI is InChI=1S/C18H16N4S2/c1-22(2)11-16-19-13-8-4-3-7-12(13)17(21-16)24-18-20-14-9-5-6-10-15(14)23-18/h3-10H,11H2,1-2H3. The molecule has 4 rings (SSSR count). The first-order chi connectivity index (χ1) is 11.7. The predicted molar refractivity (Wildman–Crippen MR) is 101 cm³/mol. The monoisotopic (exact) mass is 352 g/mol. The summed E-state index contributed by atoms with van der Waals surface area (Å²) < 4.78 is 2.21. The third-order valence-electron chi connectivity index (χ3n) is 3.53. The van der Waals surface area contributed by atoms with Gasteiger partial charge in [0.15, 0.2) is 4.34 Å². The van der Waals surface area contributed by atoms with Gasteiger partial charge in [-0.05, 0) is 44.1 Å². The number of fused-ring (bicyclic) bond motifs is 2. The summed E-state index contributed by atoms with van der Waals surface area (Å²) in [6.07, 6.45) is 0. The number of para-hydroxylation sites is 2. The minimum Gasteiger partial charge on any atom is -0.302 e. The van der Waals surface area contributed by atoms with Crippen molar-refractivity contribution in [3.8, 4) is 0 Å². The molecule has 120 valence electrons. The van der Waals surface area contributed by atoms with Gasteiger partial charge in [-0.3, -0.25) is 0 Å². The van der Waals surface area contributed by atoms with Crippen molar-refractivity contribution in [3.05, 3.63) is 54.4 Å². The summed E-state index contributed by atoms with van der Waals surface area (Å²) >= 11 is 3.32. The van der Waals surface area contributed by atoms with Gasteiger partial charge in [-0.25, -0.2) is 15.0 Å². The van der Waals surface area contributed by atoms with Crippen LogP contribution in [0, 0.1) is 0 Å². The largest absolute Gasteiger partial charge is 0.302 e. The maximum absolute atomic E-state index is 4.78. The van der Waals surface area contributed by atoms with Crippen LogP contribution in [0.4, 0.5) is 0 Å². The van der Waals surface area contributed by atoms with Crippen molar-refractivity contribution in [1.82, 2.24) is 19.9 Å². The van der Waals surface area contributed by atoms with Crippen LogP contribution in [0.2, 0.25) is 0 Å². The summed E-state index contributed by atoms with van der Waals surface area (Å²) in [5, 5.41) is 2.04. The number of benzene rings is 2. The average Bonchev–Trinajstić information content (AvgIpc) is 2.96. The molecule has 0 radical (unpaired) electrons. The van der Waals surface area contributed by atoms with Gasteiger partial charge in [0.2, 0.25) is 0 Å². The van der Waals surface area contributed by atoms with Gasteiger partial charge in [0.05, 0.1) is 22.3 Å². The van der Waals surface area contributed by atoms with Gasteiger partial charge in [-0.1, -0.05) is 30.3 Å². The summed E-state index contributed by atoms with van der Waals surface area (Å²) in [4.78, 5) is 16.3. The molecule has 0 atom stereocenters. The molecule has 0 fully saturated rings. The van der Waals surface area contributed by atoms with E-state index in [0.717, 1.165) is 38.2 Å². The van der Waals surface area contributed by atoms with Crippen LogP contribution in [-0.4, -0.2) is 33.9 Å². The number of aromatic nitrogens is 3. The molecule has 0 aliphatic heterocycles. The Bertz CT molecular complexity index is 977. The van der Waals surface area contributed by atoms with Gasteiger partial charge in [-0.15, -0.1) is 11.3 Å². The molecule has 2 aromatic carbocycles. The third kappa shape index (κ3) is 3.13. The summed E-state index contributed by atoms with van der Waals surface area (Å²) in [7, 11) is 4.05. The van der Waals surface area contributed by atoms with E-state index in [9.17, 15) is 0 Å². The van der Waals surface area contributed by atoms with Crippen molar-refractivity contribution in [2.75, 3.05) is 14.1 Å².